The maximum absolute atomic E-state index is 10.5. The Morgan fingerprint density at radius 3 is 2.75 bits per heavy atom. The third-order valence-electron chi connectivity index (χ3n) is 2.31. The average Bonchev–Trinajstić information content (AvgIpc) is 2.75. The molecule has 0 atom stereocenters. The molecule has 2 aromatic rings. The zero-order valence-corrected chi connectivity index (χ0v) is 8.71. The second kappa shape index (κ2) is 4.61. The van der Waals surface area contributed by atoms with Gasteiger partial charge < -0.3 is 9.67 Å². The summed E-state index contributed by atoms with van der Waals surface area (Å²) in [6.07, 6.45) is 4.07. The van der Waals surface area contributed by atoms with Crippen LogP contribution in [0, 0.1) is 0 Å². The van der Waals surface area contributed by atoms with Crippen LogP contribution in [0.2, 0.25) is 0 Å². The Kier molecular flexibility index (Phi) is 3.00. The van der Waals surface area contributed by atoms with E-state index in [0.29, 0.717) is 6.42 Å². The Hall–Kier alpha value is -2.10. The van der Waals surface area contributed by atoms with Crippen molar-refractivity contribution in [3.63, 3.8) is 0 Å². The van der Waals surface area contributed by atoms with Crippen LogP contribution in [0.15, 0.2) is 42.7 Å². The Labute approximate surface area is 93.2 Å². The molecule has 1 heterocycles. The van der Waals surface area contributed by atoms with Crippen molar-refractivity contribution in [1.82, 2.24) is 9.55 Å². The van der Waals surface area contributed by atoms with E-state index in [1.165, 1.54) is 0 Å². The van der Waals surface area contributed by atoms with Crippen LogP contribution >= 0.6 is 0 Å². The van der Waals surface area contributed by atoms with Gasteiger partial charge in [-0.15, -0.1) is 0 Å². The highest BCUT2D eigenvalue weighted by molar-refractivity contribution is 5.66. The van der Waals surface area contributed by atoms with Crippen molar-refractivity contribution in [3.8, 4) is 5.69 Å². The van der Waals surface area contributed by atoms with Crippen molar-refractivity contribution in [2.45, 2.75) is 12.8 Å². The van der Waals surface area contributed by atoms with Crippen molar-refractivity contribution >= 4 is 5.97 Å². The van der Waals surface area contributed by atoms with E-state index in [2.05, 4.69) is 4.98 Å². The molecule has 1 aromatic heterocycles. The summed E-state index contributed by atoms with van der Waals surface area (Å²) in [7, 11) is 0. The topological polar surface area (TPSA) is 55.1 Å². The van der Waals surface area contributed by atoms with E-state index in [1.807, 2.05) is 41.1 Å². The van der Waals surface area contributed by atoms with Gasteiger partial charge in [-0.05, 0) is 12.1 Å². The Bertz CT molecular complexity index is 477. The van der Waals surface area contributed by atoms with Crippen molar-refractivity contribution in [2.75, 3.05) is 0 Å². The zero-order chi connectivity index (χ0) is 11.4. The highest BCUT2D eigenvalue weighted by Gasteiger charge is 2.06. The lowest BCUT2D eigenvalue weighted by Crippen LogP contribution is -2.04. The molecule has 0 bridgehead atoms. The molecule has 16 heavy (non-hydrogen) atoms. The summed E-state index contributed by atoms with van der Waals surface area (Å²) < 4.78 is 1.91. The molecule has 2 rings (SSSR count). The van der Waals surface area contributed by atoms with Gasteiger partial charge in [0.25, 0.3) is 0 Å². The molecule has 0 aliphatic heterocycles. The minimum atomic E-state index is -0.803. The SMILES string of the molecule is O=C(O)CCc1nccn1-c1ccccc1. The van der Waals surface area contributed by atoms with Gasteiger partial charge in [-0.1, -0.05) is 18.2 Å². The van der Waals surface area contributed by atoms with Crippen molar-refractivity contribution < 1.29 is 9.90 Å². The van der Waals surface area contributed by atoms with Crippen LogP contribution < -0.4 is 0 Å². The molecule has 4 nitrogen and oxygen atoms in total. The number of hydrogen-bond acceptors (Lipinski definition) is 2. The molecule has 0 unspecified atom stereocenters. The summed E-state index contributed by atoms with van der Waals surface area (Å²) in [6.45, 7) is 0. The minimum absolute atomic E-state index is 0.101. The smallest absolute Gasteiger partial charge is 0.303 e. The second-order valence-corrected chi connectivity index (χ2v) is 3.44. The molecule has 0 fully saturated rings. The maximum atomic E-state index is 10.5. The second-order valence-electron chi connectivity index (χ2n) is 3.44. The van der Waals surface area contributed by atoms with Crippen molar-refractivity contribution in [2.24, 2.45) is 0 Å². The van der Waals surface area contributed by atoms with Gasteiger partial charge in [0.15, 0.2) is 0 Å². The van der Waals surface area contributed by atoms with E-state index < -0.39 is 5.97 Å². The normalized spacial score (nSPS) is 10.2. The predicted octanol–water partition coefficient (Wildman–Crippen LogP) is 1.89. The third kappa shape index (κ3) is 2.28. The number of nitrogens with zero attached hydrogens (tertiary/aromatic N) is 2. The van der Waals surface area contributed by atoms with Gasteiger partial charge in [0.05, 0.1) is 6.42 Å². The lowest BCUT2D eigenvalue weighted by atomic mass is 10.2. The number of aromatic nitrogens is 2. The highest BCUT2D eigenvalue weighted by atomic mass is 16.4. The first-order chi connectivity index (χ1) is 7.77. The molecule has 4 heteroatoms. The number of aryl methyl sites for hydroxylation is 1. The van der Waals surface area contributed by atoms with Crippen LogP contribution in [-0.4, -0.2) is 20.6 Å². The van der Waals surface area contributed by atoms with Gasteiger partial charge in [0.2, 0.25) is 0 Å². The Balaban J connectivity index is 2.23. The standard InChI is InChI=1S/C12H12N2O2/c15-12(16)7-6-11-13-8-9-14(11)10-4-2-1-3-5-10/h1-5,8-9H,6-7H2,(H,15,16). The molecule has 82 valence electrons. The number of aliphatic carboxylic acids is 1. The lowest BCUT2D eigenvalue weighted by Gasteiger charge is -2.06. The summed E-state index contributed by atoms with van der Waals surface area (Å²) >= 11 is 0. The number of carboxylic acids is 1. The molecule has 0 aliphatic rings. The highest BCUT2D eigenvalue weighted by Crippen LogP contribution is 2.11. The molecule has 0 saturated carbocycles. The number of carboxylic acid groups (broad SMARTS) is 1. The van der Waals surface area contributed by atoms with E-state index in [-0.39, 0.29) is 6.42 Å². The summed E-state index contributed by atoms with van der Waals surface area (Å²) in [5.41, 5.74) is 1.00. The molecule has 0 saturated heterocycles. The lowest BCUT2D eigenvalue weighted by molar-refractivity contribution is -0.137. The fourth-order valence-electron chi connectivity index (χ4n) is 1.56. The minimum Gasteiger partial charge on any atom is -0.481 e. The third-order valence-corrected chi connectivity index (χ3v) is 2.31. The van der Waals surface area contributed by atoms with Gasteiger partial charge in [0.1, 0.15) is 5.82 Å². The van der Waals surface area contributed by atoms with Crippen LogP contribution in [-0.2, 0) is 11.2 Å². The van der Waals surface area contributed by atoms with Crippen LogP contribution in [0.5, 0.6) is 0 Å². The quantitative estimate of drug-likeness (QED) is 0.849. The molecule has 0 spiro atoms. The van der Waals surface area contributed by atoms with E-state index in [9.17, 15) is 4.79 Å². The largest absolute Gasteiger partial charge is 0.481 e. The van der Waals surface area contributed by atoms with Crippen molar-refractivity contribution in [1.29, 1.82) is 0 Å². The molecule has 1 N–H and O–H groups in total. The molecule has 1 aromatic carbocycles. The van der Waals surface area contributed by atoms with Gasteiger partial charge >= 0.3 is 5.97 Å². The summed E-state index contributed by atoms with van der Waals surface area (Å²) in [5.74, 6) is -0.0313. The van der Waals surface area contributed by atoms with Gasteiger partial charge in [0, 0.05) is 24.5 Å². The monoisotopic (exact) mass is 216 g/mol. The van der Waals surface area contributed by atoms with Gasteiger partial charge in [-0.2, -0.15) is 0 Å². The molecular formula is C12H12N2O2. The first kappa shape index (κ1) is 10.4. The number of para-hydroxylation sites is 1. The first-order valence-electron chi connectivity index (χ1n) is 5.07. The van der Waals surface area contributed by atoms with E-state index in [1.54, 1.807) is 6.20 Å². The number of hydrogen-bond donors (Lipinski definition) is 1. The van der Waals surface area contributed by atoms with Crippen LogP contribution in [0.4, 0.5) is 0 Å². The number of imidazole rings is 1. The van der Waals surface area contributed by atoms with Crippen LogP contribution in [0.1, 0.15) is 12.2 Å². The van der Waals surface area contributed by atoms with E-state index in [4.69, 9.17) is 5.11 Å². The first-order valence-corrected chi connectivity index (χ1v) is 5.07. The van der Waals surface area contributed by atoms with Gasteiger partial charge in [-0.3, -0.25) is 4.79 Å². The summed E-state index contributed by atoms with van der Waals surface area (Å²) in [4.78, 5) is 14.7. The van der Waals surface area contributed by atoms with Gasteiger partial charge in [-0.25, -0.2) is 4.98 Å². The Morgan fingerprint density at radius 1 is 1.31 bits per heavy atom. The zero-order valence-electron chi connectivity index (χ0n) is 8.71. The molecule has 0 radical (unpaired) electrons. The summed E-state index contributed by atoms with van der Waals surface area (Å²) in [5, 5.41) is 8.64. The number of benzene rings is 1. The van der Waals surface area contributed by atoms with Crippen LogP contribution in [0.25, 0.3) is 5.69 Å². The average molecular weight is 216 g/mol. The molecule has 0 aliphatic carbocycles. The van der Waals surface area contributed by atoms with E-state index >= 15 is 0 Å². The number of carbonyl (C=O) groups is 1. The number of rotatable bonds is 4. The fraction of sp³-hybridized carbons (Fsp3) is 0.167. The van der Waals surface area contributed by atoms with Crippen LogP contribution in [0.3, 0.4) is 0 Å². The Morgan fingerprint density at radius 2 is 2.06 bits per heavy atom. The summed E-state index contributed by atoms with van der Waals surface area (Å²) in [6, 6.07) is 9.75. The predicted molar refractivity (Wildman–Crippen MR) is 59.5 cm³/mol. The molecular weight excluding hydrogens is 204 g/mol. The molecule has 0 amide bonds. The maximum Gasteiger partial charge on any atom is 0.303 e. The van der Waals surface area contributed by atoms with Crippen molar-refractivity contribution in [3.05, 3.63) is 48.5 Å². The van der Waals surface area contributed by atoms with E-state index in [0.717, 1.165) is 11.5 Å². The fourth-order valence-corrected chi connectivity index (χ4v) is 1.56.